The number of amides is 2. The molecular weight excluding hydrogens is 438 g/mol. The average Bonchev–Trinajstić information content (AvgIpc) is 3.54. The van der Waals surface area contributed by atoms with E-state index in [1.807, 2.05) is 41.2 Å². The number of H-pyrrole nitrogens is 1. The van der Waals surface area contributed by atoms with Gasteiger partial charge in [0.05, 0.1) is 0 Å². The molecule has 2 saturated heterocycles. The summed E-state index contributed by atoms with van der Waals surface area (Å²) in [6.45, 7) is 3.32. The number of anilines is 2. The van der Waals surface area contributed by atoms with E-state index in [-0.39, 0.29) is 6.03 Å². The Morgan fingerprint density at radius 3 is 2.46 bits per heavy atom. The summed E-state index contributed by atoms with van der Waals surface area (Å²) in [6, 6.07) is 14.6. The maximum Gasteiger partial charge on any atom is 0.320 e. The minimum absolute atomic E-state index is 0.192. The van der Waals surface area contributed by atoms with Gasteiger partial charge in [-0.05, 0) is 49.4 Å². The Morgan fingerprint density at radius 2 is 1.77 bits per heavy atom. The fourth-order valence-electron chi connectivity index (χ4n) is 6.00. The molecule has 35 heavy (non-hydrogen) atoms. The van der Waals surface area contributed by atoms with E-state index in [9.17, 15) is 4.79 Å². The van der Waals surface area contributed by atoms with Gasteiger partial charge in [-0.2, -0.15) is 5.10 Å². The molecule has 2 aromatic heterocycles. The molecule has 2 saturated carbocycles. The molecule has 1 aromatic carbocycles. The number of para-hydroxylation sites is 1. The van der Waals surface area contributed by atoms with Gasteiger partial charge in [-0.3, -0.25) is 5.10 Å². The lowest BCUT2D eigenvalue weighted by Gasteiger charge is -2.59. The van der Waals surface area contributed by atoms with Crippen LogP contribution in [0, 0.1) is 5.41 Å². The van der Waals surface area contributed by atoms with Crippen LogP contribution in [0.3, 0.4) is 0 Å². The Labute approximate surface area is 205 Å². The van der Waals surface area contributed by atoms with Crippen molar-refractivity contribution < 1.29 is 4.79 Å². The van der Waals surface area contributed by atoms with Gasteiger partial charge >= 0.3 is 6.03 Å². The summed E-state index contributed by atoms with van der Waals surface area (Å²) in [5.41, 5.74) is 2.62. The quantitative estimate of drug-likeness (QED) is 0.604. The highest BCUT2D eigenvalue weighted by Gasteiger charge is 2.56. The number of carbonyl (C=O) groups excluding carboxylic acids is 1. The van der Waals surface area contributed by atoms with Crippen LogP contribution in [-0.4, -0.2) is 69.2 Å². The Bertz CT molecular complexity index is 1220. The largest absolute Gasteiger partial charge is 0.329 e. The zero-order valence-electron chi connectivity index (χ0n) is 20.1. The average molecular weight is 470 g/mol. The normalized spacial score (nSPS) is 21.4. The van der Waals surface area contributed by atoms with Crippen molar-refractivity contribution >= 4 is 17.5 Å². The molecule has 7 rings (SSSR count). The van der Waals surface area contributed by atoms with Crippen LogP contribution in [0.5, 0.6) is 0 Å². The molecular formula is C27H31N7O. The number of aromatic nitrogens is 4. The fourth-order valence-corrected chi connectivity index (χ4v) is 6.00. The van der Waals surface area contributed by atoms with Crippen LogP contribution < -0.4 is 4.90 Å². The summed E-state index contributed by atoms with van der Waals surface area (Å²) in [6.07, 6.45) is 6.66. The van der Waals surface area contributed by atoms with Crippen LogP contribution in [0.2, 0.25) is 0 Å². The van der Waals surface area contributed by atoms with Crippen LogP contribution in [0.4, 0.5) is 16.3 Å². The second kappa shape index (κ2) is 7.80. The van der Waals surface area contributed by atoms with E-state index in [0.717, 1.165) is 62.2 Å². The lowest BCUT2D eigenvalue weighted by atomic mass is 9.57. The number of aromatic amines is 1. The molecule has 4 heterocycles. The van der Waals surface area contributed by atoms with E-state index >= 15 is 0 Å². The van der Waals surface area contributed by atoms with E-state index in [1.54, 1.807) is 0 Å². The summed E-state index contributed by atoms with van der Waals surface area (Å²) in [4.78, 5) is 28.4. The number of urea groups is 1. The molecule has 8 nitrogen and oxygen atoms in total. The number of likely N-dealkylation sites (tertiary alicyclic amines) is 2. The van der Waals surface area contributed by atoms with Crippen LogP contribution in [0.1, 0.15) is 60.6 Å². The van der Waals surface area contributed by atoms with Crippen LogP contribution in [0.15, 0.2) is 48.7 Å². The third kappa shape index (κ3) is 3.66. The van der Waals surface area contributed by atoms with Crippen LogP contribution in [0.25, 0.3) is 0 Å². The van der Waals surface area contributed by atoms with Gasteiger partial charge in [0.25, 0.3) is 0 Å². The molecule has 2 aliphatic heterocycles. The maximum absolute atomic E-state index is 12.9. The fraction of sp³-hybridized carbons (Fsp3) is 0.481. The second-order valence-corrected chi connectivity index (χ2v) is 11.0. The summed E-state index contributed by atoms with van der Waals surface area (Å²) in [7, 11) is 2.03. The van der Waals surface area contributed by atoms with E-state index in [1.165, 1.54) is 18.4 Å². The molecule has 4 aliphatic rings. The van der Waals surface area contributed by atoms with Crippen LogP contribution >= 0.6 is 0 Å². The van der Waals surface area contributed by atoms with Crippen molar-refractivity contribution in [3.05, 3.63) is 65.9 Å². The van der Waals surface area contributed by atoms with Crippen molar-refractivity contribution in [2.75, 3.05) is 38.1 Å². The summed E-state index contributed by atoms with van der Waals surface area (Å²) in [5, 5.41) is 7.59. The molecule has 8 heteroatoms. The predicted molar refractivity (Wildman–Crippen MR) is 133 cm³/mol. The zero-order chi connectivity index (χ0) is 23.6. The Hall–Kier alpha value is -3.42. The topological polar surface area (TPSA) is 81.2 Å². The number of carbonyl (C=O) groups is 1. The Balaban J connectivity index is 0.885. The number of rotatable bonds is 5. The molecule has 180 valence electrons. The second-order valence-electron chi connectivity index (χ2n) is 11.0. The summed E-state index contributed by atoms with van der Waals surface area (Å²) in [5.74, 6) is 4.43. The van der Waals surface area contributed by atoms with Gasteiger partial charge in [-0.15, -0.1) is 0 Å². The number of benzene rings is 1. The van der Waals surface area contributed by atoms with Gasteiger partial charge in [0, 0.05) is 68.3 Å². The SMILES string of the molecule is CN(c1ccccc1)c1ccc(C2CN(C(=O)N3CC4(CC(c5n[nH]c(C6CC6)n5)C4)C3)C2)cn1. The van der Waals surface area contributed by atoms with Gasteiger partial charge < -0.3 is 14.7 Å². The number of hydrogen-bond acceptors (Lipinski definition) is 5. The minimum Gasteiger partial charge on any atom is -0.329 e. The van der Waals surface area contributed by atoms with Crippen molar-refractivity contribution in [3.63, 3.8) is 0 Å². The van der Waals surface area contributed by atoms with Crippen molar-refractivity contribution in [1.82, 2.24) is 30.0 Å². The number of nitrogens with zero attached hydrogens (tertiary/aromatic N) is 6. The molecule has 4 fully saturated rings. The highest BCUT2D eigenvalue weighted by Crippen LogP contribution is 2.56. The smallest absolute Gasteiger partial charge is 0.320 e. The van der Waals surface area contributed by atoms with E-state index in [4.69, 9.17) is 4.98 Å². The molecule has 2 amide bonds. The first-order valence-corrected chi connectivity index (χ1v) is 12.8. The predicted octanol–water partition coefficient (Wildman–Crippen LogP) is 4.24. The third-order valence-corrected chi connectivity index (χ3v) is 8.41. The molecule has 2 aliphatic carbocycles. The van der Waals surface area contributed by atoms with Gasteiger partial charge in [0.2, 0.25) is 0 Å². The molecule has 0 atom stereocenters. The van der Waals surface area contributed by atoms with Crippen molar-refractivity contribution in [2.24, 2.45) is 5.41 Å². The number of hydrogen-bond donors (Lipinski definition) is 1. The first-order valence-electron chi connectivity index (χ1n) is 12.8. The number of nitrogens with one attached hydrogen (secondary N) is 1. The first-order chi connectivity index (χ1) is 17.1. The van der Waals surface area contributed by atoms with Crippen molar-refractivity contribution in [2.45, 2.75) is 43.4 Å². The first kappa shape index (κ1) is 20.9. The molecule has 0 radical (unpaired) electrons. The van der Waals surface area contributed by atoms with E-state index in [2.05, 4.69) is 44.3 Å². The molecule has 0 bridgehead atoms. The third-order valence-electron chi connectivity index (χ3n) is 8.41. The Morgan fingerprint density at radius 1 is 1.00 bits per heavy atom. The highest BCUT2D eigenvalue weighted by atomic mass is 16.2. The molecule has 0 unspecified atom stereocenters. The standard InChI is InChI=1S/C27H31N7O/c1-32(22-5-3-2-4-6-22)23-10-9-19(13-28-23)21-14-33(15-21)26(35)34-16-27(17-34)11-20(12-27)25-29-24(30-31-25)18-7-8-18/h2-6,9-10,13,18,20-21H,7-8,11-12,14-17H2,1H3,(H,29,30,31). The van der Waals surface area contributed by atoms with Gasteiger partial charge in [0.1, 0.15) is 11.6 Å². The number of pyridine rings is 1. The monoisotopic (exact) mass is 469 g/mol. The molecule has 3 aromatic rings. The van der Waals surface area contributed by atoms with Crippen molar-refractivity contribution in [1.29, 1.82) is 0 Å². The van der Waals surface area contributed by atoms with Gasteiger partial charge in [0.15, 0.2) is 5.82 Å². The maximum atomic E-state index is 12.9. The van der Waals surface area contributed by atoms with Gasteiger partial charge in [-0.25, -0.2) is 14.8 Å². The Kier molecular flexibility index (Phi) is 4.66. The molecule has 1 spiro atoms. The minimum atomic E-state index is 0.192. The van der Waals surface area contributed by atoms with Crippen LogP contribution in [-0.2, 0) is 0 Å². The zero-order valence-corrected chi connectivity index (χ0v) is 20.1. The van der Waals surface area contributed by atoms with Crippen molar-refractivity contribution in [3.8, 4) is 0 Å². The molecule has 1 N–H and O–H groups in total. The highest BCUT2D eigenvalue weighted by molar-refractivity contribution is 5.77. The van der Waals surface area contributed by atoms with E-state index < -0.39 is 0 Å². The van der Waals surface area contributed by atoms with Gasteiger partial charge in [-0.1, -0.05) is 24.3 Å². The summed E-state index contributed by atoms with van der Waals surface area (Å²) >= 11 is 0. The lowest BCUT2D eigenvalue weighted by molar-refractivity contribution is -0.0601. The summed E-state index contributed by atoms with van der Waals surface area (Å²) < 4.78 is 0. The van der Waals surface area contributed by atoms with E-state index in [0.29, 0.717) is 23.2 Å². The lowest BCUT2D eigenvalue weighted by Crippen LogP contribution is -2.67.